The van der Waals surface area contributed by atoms with Crippen molar-refractivity contribution < 1.29 is 4.74 Å². The van der Waals surface area contributed by atoms with Gasteiger partial charge in [0.15, 0.2) is 5.16 Å². The molecule has 7 heteroatoms. The normalized spacial score (nSPS) is 24.2. The van der Waals surface area contributed by atoms with Gasteiger partial charge in [-0.15, -0.1) is 0 Å². The molecule has 0 amide bonds. The quantitative estimate of drug-likeness (QED) is 0.581. The SMILES string of the molecule is CC#N.CSc1nc2c(c(N3CCNCC3)n1)CCC1(CC(C)c3ccccc31)O2. The van der Waals surface area contributed by atoms with Crippen molar-refractivity contribution in [2.75, 3.05) is 37.3 Å². The number of rotatable bonds is 2. The van der Waals surface area contributed by atoms with Gasteiger partial charge in [-0.1, -0.05) is 43.0 Å². The van der Waals surface area contributed by atoms with Crippen LogP contribution in [-0.4, -0.2) is 42.4 Å². The van der Waals surface area contributed by atoms with Gasteiger partial charge >= 0.3 is 0 Å². The maximum Gasteiger partial charge on any atom is 0.223 e. The fourth-order valence-corrected chi connectivity index (χ4v) is 5.27. The second-order valence-electron chi connectivity index (χ2n) is 8.07. The number of thioether (sulfide) groups is 1. The maximum absolute atomic E-state index is 7.32. The smallest absolute Gasteiger partial charge is 0.223 e. The van der Waals surface area contributed by atoms with Crippen LogP contribution in [0.5, 0.6) is 5.88 Å². The number of aromatic nitrogens is 2. The molecular formula is C23H29N5OS. The van der Waals surface area contributed by atoms with Gasteiger partial charge in [-0.25, -0.2) is 4.98 Å². The Labute approximate surface area is 183 Å². The molecule has 2 atom stereocenters. The van der Waals surface area contributed by atoms with Crippen molar-refractivity contribution >= 4 is 17.6 Å². The van der Waals surface area contributed by atoms with Crippen LogP contribution in [0.4, 0.5) is 5.82 Å². The molecule has 0 saturated carbocycles. The van der Waals surface area contributed by atoms with Crippen molar-refractivity contribution in [2.45, 2.75) is 49.8 Å². The first-order valence-electron chi connectivity index (χ1n) is 10.6. The summed E-state index contributed by atoms with van der Waals surface area (Å²) in [5.41, 5.74) is 3.75. The summed E-state index contributed by atoms with van der Waals surface area (Å²) in [4.78, 5) is 12.1. The predicted molar refractivity (Wildman–Crippen MR) is 120 cm³/mol. The van der Waals surface area contributed by atoms with Gasteiger partial charge in [0.2, 0.25) is 5.88 Å². The third-order valence-corrected chi connectivity index (χ3v) is 6.76. The molecule has 30 heavy (non-hydrogen) atoms. The molecule has 1 spiro atoms. The third-order valence-electron chi connectivity index (χ3n) is 6.22. The van der Waals surface area contributed by atoms with Crippen LogP contribution in [-0.2, 0) is 12.0 Å². The number of benzene rings is 1. The molecule has 2 unspecified atom stereocenters. The Balaban J connectivity index is 0.000000687. The summed E-state index contributed by atoms with van der Waals surface area (Å²) in [6.07, 6.45) is 5.05. The van der Waals surface area contributed by atoms with Crippen LogP contribution in [0.1, 0.15) is 49.3 Å². The summed E-state index contributed by atoms with van der Waals surface area (Å²) >= 11 is 1.59. The van der Waals surface area contributed by atoms with Crippen LogP contribution in [0.3, 0.4) is 0 Å². The summed E-state index contributed by atoms with van der Waals surface area (Å²) in [5, 5.41) is 11.6. The summed E-state index contributed by atoms with van der Waals surface area (Å²) in [7, 11) is 0. The van der Waals surface area contributed by atoms with Gasteiger partial charge in [-0.05, 0) is 42.6 Å². The molecular weight excluding hydrogens is 394 g/mol. The standard InChI is InChI=1S/C21H26N4OS.C2H3N/c1-14-13-21(17-6-4-3-5-15(14)17)8-7-16-18(25-11-9-22-10-12-25)23-20(27-2)24-19(16)26-21;1-2-3/h3-6,14,22H,7-13H2,1-2H3;1H3. The lowest BCUT2D eigenvalue weighted by molar-refractivity contribution is 0.0341. The van der Waals surface area contributed by atoms with E-state index < -0.39 is 0 Å². The fraction of sp³-hybridized carbons (Fsp3) is 0.522. The van der Waals surface area contributed by atoms with Crippen molar-refractivity contribution in [3.05, 3.63) is 41.0 Å². The molecule has 1 saturated heterocycles. The largest absolute Gasteiger partial charge is 0.466 e. The van der Waals surface area contributed by atoms with E-state index in [4.69, 9.17) is 20.0 Å². The Bertz CT molecular complexity index is 953. The lowest BCUT2D eigenvalue weighted by Crippen LogP contribution is -2.45. The van der Waals surface area contributed by atoms with Crippen molar-refractivity contribution in [3.63, 3.8) is 0 Å². The molecule has 3 aliphatic rings. The van der Waals surface area contributed by atoms with Gasteiger partial charge in [-0.2, -0.15) is 10.2 Å². The van der Waals surface area contributed by atoms with Gasteiger partial charge in [0, 0.05) is 33.1 Å². The first-order chi connectivity index (χ1) is 14.6. The molecule has 3 heterocycles. The molecule has 1 fully saturated rings. The van der Waals surface area contributed by atoms with Gasteiger partial charge in [0.05, 0.1) is 11.6 Å². The van der Waals surface area contributed by atoms with Crippen LogP contribution in [0, 0.1) is 11.3 Å². The zero-order valence-corrected chi connectivity index (χ0v) is 18.8. The topological polar surface area (TPSA) is 74.1 Å². The molecule has 0 bridgehead atoms. The molecule has 2 aromatic rings. The average molecular weight is 424 g/mol. The number of fused-ring (bicyclic) bond motifs is 3. The Morgan fingerprint density at radius 2 is 2.00 bits per heavy atom. The van der Waals surface area contributed by atoms with E-state index in [0.717, 1.165) is 62.3 Å². The minimum absolute atomic E-state index is 0.228. The zero-order chi connectivity index (χ0) is 21.1. The Hall–Kier alpha value is -2.30. The lowest BCUT2D eigenvalue weighted by Gasteiger charge is -2.38. The summed E-state index contributed by atoms with van der Waals surface area (Å²) < 4.78 is 6.74. The molecule has 1 aromatic heterocycles. The van der Waals surface area contributed by atoms with E-state index in [0.29, 0.717) is 5.92 Å². The van der Waals surface area contributed by atoms with E-state index in [1.54, 1.807) is 17.8 Å². The van der Waals surface area contributed by atoms with Crippen LogP contribution >= 0.6 is 11.8 Å². The first-order valence-corrected chi connectivity index (χ1v) is 11.8. The monoisotopic (exact) mass is 423 g/mol. The molecule has 1 aliphatic carbocycles. The van der Waals surface area contributed by atoms with Crippen LogP contribution in [0.2, 0.25) is 0 Å². The Morgan fingerprint density at radius 1 is 1.27 bits per heavy atom. The first kappa shape index (κ1) is 21.0. The van der Waals surface area contributed by atoms with E-state index in [2.05, 4.69) is 41.4 Å². The fourth-order valence-electron chi connectivity index (χ4n) is 4.92. The average Bonchev–Trinajstić information content (AvgIpc) is 3.05. The molecule has 1 N–H and O–H groups in total. The van der Waals surface area contributed by atoms with Crippen LogP contribution in [0.25, 0.3) is 0 Å². The molecule has 6 nitrogen and oxygen atoms in total. The second kappa shape index (κ2) is 8.83. The highest BCUT2D eigenvalue weighted by Crippen LogP contribution is 2.52. The molecule has 158 valence electrons. The highest BCUT2D eigenvalue weighted by atomic mass is 32.2. The second-order valence-corrected chi connectivity index (χ2v) is 8.84. The number of nitriles is 1. The van der Waals surface area contributed by atoms with Crippen LogP contribution < -0.4 is 15.0 Å². The summed E-state index contributed by atoms with van der Waals surface area (Å²) in [5.74, 6) is 2.41. The number of nitrogens with zero attached hydrogens (tertiary/aromatic N) is 4. The highest BCUT2D eigenvalue weighted by molar-refractivity contribution is 7.98. The van der Waals surface area contributed by atoms with Crippen molar-refractivity contribution in [3.8, 4) is 11.9 Å². The minimum atomic E-state index is -0.228. The number of anilines is 1. The minimum Gasteiger partial charge on any atom is -0.466 e. The van der Waals surface area contributed by atoms with Crippen molar-refractivity contribution in [1.29, 1.82) is 5.26 Å². The Morgan fingerprint density at radius 3 is 2.73 bits per heavy atom. The Kier molecular flexibility index (Phi) is 6.16. The van der Waals surface area contributed by atoms with E-state index in [1.165, 1.54) is 23.6 Å². The van der Waals surface area contributed by atoms with E-state index >= 15 is 0 Å². The van der Waals surface area contributed by atoms with Gasteiger partial charge in [-0.3, -0.25) is 0 Å². The number of ether oxygens (including phenoxy) is 1. The number of nitrogens with one attached hydrogen (secondary N) is 1. The van der Waals surface area contributed by atoms with Crippen molar-refractivity contribution in [2.24, 2.45) is 0 Å². The molecule has 1 aromatic carbocycles. The van der Waals surface area contributed by atoms with E-state index in [-0.39, 0.29) is 5.60 Å². The summed E-state index contributed by atoms with van der Waals surface area (Å²) in [6, 6.07) is 10.5. The van der Waals surface area contributed by atoms with Gasteiger partial charge in [0.1, 0.15) is 11.4 Å². The third kappa shape index (κ3) is 3.75. The zero-order valence-electron chi connectivity index (χ0n) is 17.9. The number of piperazine rings is 1. The van der Waals surface area contributed by atoms with E-state index in [1.807, 2.05) is 6.26 Å². The van der Waals surface area contributed by atoms with Gasteiger partial charge < -0.3 is 15.0 Å². The number of hydrogen-bond acceptors (Lipinski definition) is 7. The van der Waals surface area contributed by atoms with Crippen molar-refractivity contribution in [1.82, 2.24) is 15.3 Å². The highest BCUT2D eigenvalue weighted by Gasteiger charge is 2.47. The predicted octanol–water partition coefficient (Wildman–Crippen LogP) is 3.87. The molecule has 2 aliphatic heterocycles. The molecule has 0 radical (unpaired) electrons. The van der Waals surface area contributed by atoms with Crippen LogP contribution in [0.15, 0.2) is 29.4 Å². The van der Waals surface area contributed by atoms with Gasteiger partial charge in [0.25, 0.3) is 0 Å². The number of hydrogen-bond donors (Lipinski definition) is 1. The maximum atomic E-state index is 7.32. The van der Waals surface area contributed by atoms with E-state index in [9.17, 15) is 0 Å². The molecule has 5 rings (SSSR count). The lowest BCUT2D eigenvalue weighted by atomic mass is 9.86. The summed E-state index contributed by atoms with van der Waals surface area (Å²) in [6.45, 7) is 7.72.